The summed E-state index contributed by atoms with van der Waals surface area (Å²) < 4.78 is 46.1. The molecule has 1 heterocycles. The van der Waals surface area contributed by atoms with Crippen molar-refractivity contribution >= 4 is 23.1 Å². The third-order valence-electron chi connectivity index (χ3n) is 5.24. The zero-order valence-corrected chi connectivity index (χ0v) is 17.7. The highest BCUT2D eigenvalue weighted by molar-refractivity contribution is 5.80. The Hall–Kier alpha value is -4.07. The smallest absolute Gasteiger partial charge is 0.416 e. The average molecular weight is 452 g/mol. The van der Waals surface area contributed by atoms with Gasteiger partial charge in [0.15, 0.2) is 11.5 Å². The van der Waals surface area contributed by atoms with Crippen molar-refractivity contribution in [2.75, 3.05) is 7.11 Å². The summed E-state index contributed by atoms with van der Waals surface area (Å²) in [5.74, 6) is 0.385. The minimum absolute atomic E-state index is 0.0135. The molecule has 0 spiro atoms. The third kappa shape index (κ3) is 4.19. The SMILES string of the molecule is COc1cccc(/C=C/c2nc3ccccc3c(=O)n2-c2ccc(C(F)(F)F)c(C)c2)c1O. The van der Waals surface area contributed by atoms with Crippen LogP contribution in [0.4, 0.5) is 13.2 Å². The van der Waals surface area contributed by atoms with Crippen molar-refractivity contribution in [1.82, 2.24) is 9.55 Å². The van der Waals surface area contributed by atoms with E-state index in [0.717, 1.165) is 6.07 Å². The molecule has 4 aromatic rings. The molecule has 0 radical (unpaired) electrons. The van der Waals surface area contributed by atoms with Gasteiger partial charge in [0.25, 0.3) is 5.56 Å². The Balaban J connectivity index is 1.93. The first-order valence-electron chi connectivity index (χ1n) is 9.95. The molecular weight excluding hydrogens is 433 g/mol. The van der Waals surface area contributed by atoms with Crippen LogP contribution >= 0.6 is 0 Å². The van der Waals surface area contributed by atoms with E-state index in [-0.39, 0.29) is 28.6 Å². The number of alkyl halides is 3. The molecule has 3 aromatic carbocycles. The van der Waals surface area contributed by atoms with Gasteiger partial charge in [-0.3, -0.25) is 9.36 Å². The number of ether oxygens (including phenoxy) is 1. The Bertz CT molecular complexity index is 1440. The van der Waals surface area contributed by atoms with Crippen LogP contribution in [0, 0.1) is 6.92 Å². The van der Waals surface area contributed by atoms with Crippen molar-refractivity contribution in [2.45, 2.75) is 13.1 Å². The highest BCUT2D eigenvalue weighted by Crippen LogP contribution is 2.33. The van der Waals surface area contributed by atoms with E-state index in [1.807, 2.05) is 0 Å². The molecule has 168 valence electrons. The van der Waals surface area contributed by atoms with Gasteiger partial charge in [0.1, 0.15) is 5.82 Å². The van der Waals surface area contributed by atoms with Crippen molar-refractivity contribution in [3.05, 3.63) is 93.5 Å². The van der Waals surface area contributed by atoms with E-state index < -0.39 is 17.3 Å². The van der Waals surface area contributed by atoms with Crippen LogP contribution in [-0.4, -0.2) is 21.8 Å². The molecule has 0 fully saturated rings. The summed E-state index contributed by atoms with van der Waals surface area (Å²) in [5.41, 5.74) is -0.0942. The number of aryl methyl sites for hydroxylation is 1. The minimum atomic E-state index is -4.50. The molecule has 0 bridgehead atoms. The Morgan fingerprint density at radius 3 is 2.48 bits per heavy atom. The molecule has 0 amide bonds. The van der Waals surface area contributed by atoms with Crippen LogP contribution in [0.15, 0.2) is 65.5 Å². The molecule has 33 heavy (non-hydrogen) atoms. The largest absolute Gasteiger partial charge is 0.504 e. The molecule has 8 heteroatoms. The zero-order chi connectivity index (χ0) is 23.8. The number of hydrogen-bond acceptors (Lipinski definition) is 4. The molecule has 0 aliphatic heterocycles. The van der Waals surface area contributed by atoms with Gasteiger partial charge in [-0.15, -0.1) is 0 Å². The summed E-state index contributed by atoms with van der Waals surface area (Å²) in [6.45, 7) is 1.34. The molecule has 0 aliphatic rings. The molecule has 5 nitrogen and oxygen atoms in total. The van der Waals surface area contributed by atoms with Gasteiger partial charge < -0.3 is 9.84 Å². The number of phenolic OH excluding ortho intramolecular Hbond substituents is 1. The first kappa shape index (κ1) is 22.1. The Labute approximate surface area is 187 Å². The number of aromatic hydroxyl groups is 1. The van der Waals surface area contributed by atoms with Crippen molar-refractivity contribution in [3.63, 3.8) is 0 Å². The Kier molecular flexibility index (Phi) is 5.68. The molecule has 0 atom stereocenters. The van der Waals surface area contributed by atoms with Gasteiger partial charge in [0, 0.05) is 5.56 Å². The monoisotopic (exact) mass is 452 g/mol. The second-order valence-electron chi connectivity index (χ2n) is 7.36. The molecule has 0 saturated heterocycles. The number of benzene rings is 3. The number of rotatable bonds is 4. The predicted molar refractivity (Wildman–Crippen MR) is 121 cm³/mol. The normalized spacial score (nSPS) is 11.9. The molecule has 0 unspecified atom stereocenters. The number of phenols is 1. The molecule has 0 saturated carbocycles. The van der Waals surface area contributed by atoms with Gasteiger partial charge in [0.2, 0.25) is 0 Å². The maximum absolute atomic E-state index is 13.3. The summed E-state index contributed by atoms with van der Waals surface area (Å²) in [5, 5.41) is 10.7. The number of hydrogen-bond donors (Lipinski definition) is 1. The van der Waals surface area contributed by atoms with Gasteiger partial charge in [-0.05, 0) is 61.0 Å². The van der Waals surface area contributed by atoms with Crippen molar-refractivity contribution in [1.29, 1.82) is 0 Å². The number of para-hydroxylation sites is 2. The second kappa shape index (κ2) is 8.46. The Morgan fingerprint density at radius 1 is 1.03 bits per heavy atom. The van der Waals surface area contributed by atoms with E-state index >= 15 is 0 Å². The van der Waals surface area contributed by atoms with Gasteiger partial charge >= 0.3 is 6.18 Å². The minimum Gasteiger partial charge on any atom is -0.504 e. The van der Waals surface area contributed by atoms with E-state index in [1.54, 1.807) is 48.5 Å². The van der Waals surface area contributed by atoms with Gasteiger partial charge in [-0.25, -0.2) is 4.98 Å². The molecule has 1 aromatic heterocycles. The lowest BCUT2D eigenvalue weighted by Gasteiger charge is -2.15. The van der Waals surface area contributed by atoms with Crippen LogP contribution in [0.5, 0.6) is 11.5 Å². The highest BCUT2D eigenvalue weighted by Gasteiger charge is 2.32. The maximum Gasteiger partial charge on any atom is 0.416 e. The second-order valence-corrected chi connectivity index (χ2v) is 7.36. The number of fused-ring (bicyclic) bond motifs is 1. The maximum atomic E-state index is 13.3. The fourth-order valence-electron chi connectivity index (χ4n) is 3.62. The number of nitrogens with zero attached hydrogens (tertiary/aromatic N) is 2. The summed E-state index contributed by atoms with van der Waals surface area (Å²) in [4.78, 5) is 17.9. The quantitative estimate of drug-likeness (QED) is 0.438. The summed E-state index contributed by atoms with van der Waals surface area (Å²) in [6, 6.07) is 15.2. The third-order valence-corrected chi connectivity index (χ3v) is 5.24. The van der Waals surface area contributed by atoms with Crippen molar-refractivity contribution in [3.8, 4) is 17.2 Å². The van der Waals surface area contributed by atoms with Crippen LogP contribution in [-0.2, 0) is 6.18 Å². The van der Waals surface area contributed by atoms with Crippen molar-refractivity contribution in [2.24, 2.45) is 0 Å². The predicted octanol–water partition coefficient (Wildman–Crippen LogP) is 5.60. The molecular formula is C25H19F3N2O3. The van der Waals surface area contributed by atoms with Crippen LogP contribution < -0.4 is 10.3 Å². The zero-order valence-electron chi connectivity index (χ0n) is 17.7. The first-order chi connectivity index (χ1) is 15.7. The Morgan fingerprint density at radius 2 is 1.79 bits per heavy atom. The lowest BCUT2D eigenvalue weighted by molar-refractivity contribution is -0.138. The van der Waals surface area contributed by atoms with Crippen LogP contribution in [0.3, 0.4) is 0 Å². The molecule has 4 rings (SSSR count). The van der Waals surface area contributed by atoms with E-state index in [0.29, 0.717) is 16.5 Å². The first-order valence-corrected chi connectivity index (χ1v) is 9.95. The summed E-state index contributed by atoms with van der Waals surface area (Å²) in [6.07, 6.45) is -1.42. The molecule has 1 N–H and O–H groups in total. The van der Waals surface area contributed by atoms with Gasteiger partial charge in [0.05, 0.1) is 29.3 Å². The molecule has 0 aliphatic carbocycles. The highest BCUT2D eigenvalue weighted by atomic mass is 19.4. The van der Waals surface area contributed by atoms with Crippen LogP contribution in [0.1, 0.15) is 22.5 Å². The van der Waals surface area contributed by atoms with E-state index in [9.17, 15) is 23.1 Å². The fourth-order valence-corrected chi connectivity index (χ4v) is 3.62. The summed E-state index contributed by atoms with van der Waals surface area (Å²) in [7, 11) is 1.43. The average Bonchev–Trinajstić information content (AvgIpc) is 2.77. The number of methoxy groups -OCH3 is 1. The standard InChI is InChI=1S/C25H19F3N2O3/c1-15-14-17(11-12-19(15)25(26,27)28)30-22(29-20-8-4-3-7-18(20)24(30)32)13-10-16-6-5-9-21(33-2)23(16)31/h3-14,31H,1-2H3/b13-10+. The topological polar surface area (TPSA) is 64.3 Å². The lowest BCUT2D eigenvalue weighted by atomic mass is 10.1. The van der Waals surface area contributed by atoms with E-state index in [2.05, 4.69) is 4.98 Å². The number of aromatic nitrogens is 2. The van der Waals surface area contributed by atoms with Crippen LogP contribution in [0.2, 0.25) is 0 Å². The van der Waals surface area contributed by atoms with E-state index in [1.165, 1.54) is 36.8 Å². The summed E-state index contributed by atoms with van der Waals surface area (Å²) >= 11 is 0. The number of halogens is 3. The fraction of sp³-hybridized carbons (Fsp3) is 0.120. The van der Waals surface area contributed by atoms with Gasteiger partial charge in [-0.2, -0.15) is 13.2 Å². The van der Waals surface area contributed by atoms with Gasteiger partial charge in [-0.1, -0.05) is 24.3 Å². The van der Waals surface area contributed by atoms with Crippen LogP contribution in [0.25, 0.3) is 28.7 Å². The van der Waals surface area contributed by atoms with E-state index in [4.69, 9.17) is 4.74 Å². The lowest BCUT2D eigenvalue weighted by Crippen LogP contribution is -2.22. The van der Waals surface area contributed by atoms with Crippen molar-refractivity contribution < 1.29 is 23.0 Å².